The number of nitrogens with two attached hydrogens (primary N) is 2. The van der Waals surface area contributed by atoms with Gasteiger partial charge in [0.1, 0.15) is 11.4 Å². The van der Waals surface area contributed by atoms with Gasteiger partial charge in [-0.1, -0.05) is 42.5 Å². The molecule has 15 heteroatoms. The number of amides is 1. The number of primary sulfonamides is 1. The van der Waals surface area contributed by atoms with Gasteiger partial charge < -0.3 is 26.2 Å². The molecule has 1 aliphatic heterocycles. The number of halogens is 3. The van der Waals surface area contributed by atoms with Crippen molar-refractivity contribution in [1.29, 1.82) is 5.41 Å². The third-order valence-electron chi connectivity index (χ3n) is 6.23. The molecule has 4 rings (SSSR count). The number of sulfonamides is 1. The number of hydrogen-bond acceptors (Lipinski definition) is 7. The molecule has 0 saturated carbocycles. The van der Waals surface area contributed by atoms with E-state index < -0.39 is 27.7 Å². The molecule has 1 fully saturated rings. The molecule has 0 radical (unpaired) electrons. The molecule has 0 aromatic heterocycles. The maximum absolute atomic E-state index is 13.5. The number of nitrogens with one attached hydrogen (secondary N) is 3. The second kappa shape index (κ2) is 13.0. The number of ether oxygens (including phenoxy) is 1. The number of aliphatic carboxylic acids is 1. The highest BCUT2D eigenvalue weighted by Gasteiger charge is 2.40. The maximum Gasteiger partial charge on any atom is 0.490 e. The van der Waals surface area contributed by atoms with Crippen LogP contribution in [-0.4, -0.2) is 56.2 Å². The van der Waals surface area contributed by atoms with Crippen LogP contribution in [0.5, 0.6) is 0 Å². The molecule has 1 aliphatic rings. The fourth-order valence-corrected chi connectivity index (χ4v) is 4.87. The highest BCUT2D eigenvalue weighted by atomic mass is 32.2. The summed E-state index contributed by atoms with van der Waals surface area (Å²) in [4.78, 5) is 22.4. The Labute approximate surface area is 239 Å². The summed E-state index contributed by atoms with van der Waals surface area (Å²) >= 11 is 0. The van der Waals surface area contributed by atoms with Crippen LogP contribution in [0, 0.1) is 5.41 Å². The topological polar surface area (TPSA) is 198 Å². The fourth-order valence-electron chi connectivity index (χ4n) is 4.11. The van der Waals surface area contributed by atoms with Gasteiger partial charge in [-0.15, -0.1) is 0 Å². The first-order valence-corrected chi connectivity index (χ1v) is 13.8. The van der Waals surface area contributed by atoms with E-state index in [4.69, 9.17) is 30.9 Å². The van der Waals surface area contributed by atoms with Crippen LogP contribution in [0.25, 0.3) is 11.1 Å². The van der Waals surface area contributed by atoms with Crippen molar-refractivity contribution in [2.45, 2.75) is 29.5 Å². The summed E-state index contributed by atoms with van der Waals surface area (Å²) in [6.07, 6.45) is -4.16. The minimum atomic E-state index is -5.08. The van der Waals surface area contributed by atoms with E-state index in [1.165, 1.54) is 6.07 Å². The second-order valence-electron chi connectivity index (χ2n) is 9.19. The number of nitrogen functional groups attached to an aromatic ring is 1. The zero-order valence-corrected chi connectivity index (χ0v) is 22.8. The molecule has 0 atom stereocenters. The van der Waals surface area contributed by atoms with Gasteiger partial charge in [0.05, 0.1) is 4.90 Å². The molecule has 8 N–H and O–H groups in total. The molecule has 3 aromatic carbocycles. The van der Waals surface area contributed by atoms with Gasteiger partial charge in [-0.25, -0.2) is 18.4 Å². The smallest absolute Gasteiger partial charge is 0.475 e. The van der Waals surface area contributed by atoms with E-state index in [1.807, 2.05) is 6.07 Å². The van der Waals surface area contributed by atoms with Crippen molar-refractivity contribution in [3.05, 3.63) is 78.4 Å². The van der Waals surface area contributed by atoms with Crippen molar-refractivity contribution in [3.63, 3.8) is 0 Å². The van der Waals surface area contributed by atoms with Gasteiger partial charge in [-0.2, -0.15) is 13.2 Å². The predicted molar refractivity (Wildman–Crippen MR) is 149 cm³/mol. The SMILES string of the molecule is N=C(N)c1cccc(NC2(C(=O)Nc3ccc(-c4ccccc4S(N)(=O)=O)cc3)CCOCC2)c1.O=C(O)C(F)(F)F. The Bertz CT molecular complexity index is 1560. The number of carbonyl (C=O) groups is 2. The first kappa shape index (κ1) is 32.0. The van der Waals surface area contributed by atoms with Crippen molar-refractivity contribution in [3.8, 4) is 11.1 Å². The highest BCUT2D eigenvalue weighted by Crippen LogP contribution is 2.30. The first-order valence-electron chi connectivity index (χ1n) is 12.3. The summed E-state index contributed by atoms with van der Waals surface area (Å²) in [6, 6.07) is 20.5. The number of rotatable bonds is 7. The van der Waals surface area contributed by atoms with Gasteiger partial charge in [0, 0.05) is 48.6 Å². The number of anilines is 2. The molecule has 0 unspecified atom stereocenters. The lowest BCUT2D eigenvalue weighted by Crippen LogP contribution is -2.53. The van der Waals surface area contributed by atoms with Gasteiger partial charge in [0.15, 0.2) is 0 Å². The summed E-state index contributed by atoms with van der Waals surface area (Å²) in [6.45, 7) is 0.853. The van der Waals surface area contributed by atoms with Gasteiger partial charge >= 0.3 is 12.1 Å². The molecule has 3 aromatic rings. The Hall–Kier alpha value is -4.47. The Morgan fingerprint density at radius 1 is 0.952 bits per heavy atom. The minimum Gasteiger partial charge on any atom is -0.475 e. The van der Waals surface area contributed by atoms with Crippen molar-refractivity contribution >= 4 is 39.1 Å². The van der Waals surface area contributed by atoms with Crippen LogP contribution in [0.3, 0.4) is 0 Å². The van der Waals surface area contributed by atoms with Crippen molar-refractivity contribution in [2.75, 3.05) is 23.8 Å². The van der Waals surface area contributed by atoms with E-state index in [9.17, 15) is 26.4 Å². The number of carbonyl (C=O) groups excluding carboxylic acids is 1. The summed E-state index contributed by atoms with van der Waals surface area (Å²) < 4.78 is 61.1. The number of alkyl halides is 3. The lowest BCUT2D eigenvalue weighted by atomic mass is 9.88. The monoisotopic (exact) mass is 607 g/mol. The van der Waals surface area contributed by atoms with Crippen LogP contribution >= 0.6 is 0 Å². The van der Waals surface area contributed by atoms with Gasteiger partial charge in [-0.05, 0) is 35.9 Å². The Morgan fingerprint density at radius 2 is 1.55 bits per heavy atom. The Morgan fingerprint density at radius 3 is 2.10 bits per heavy atom. The molecule has 0 aliphatic carbocycles. The lowest BCUT2D eigenvalue weighted by Gasteiger charge is -2.37. The third-order valence-corrected chi connectivity index (χ3v) is 7.20. The number of hydrogen-bond donors (Lipinski definition) is 6. The Kier molecular flexibility index (Phi) is 9.93. The number of carboxylic acid groups (broad SMARTS) is 1. The molecule has 224 valence electrons. The van der Waals surface area contributed by atoms with Crippen LogP contribution in [0.2, 0.25) is 0 Å². The fraction of sp³-hybridized carbons (Fsp3) is 0.222. The quantitative estimate of drug-likeness (QED) is 0.173. The molecule has 0 spiro atoms. The van der Waals surface area contributed by atoms with Crippen molar-refractivity contribution < 1.29 is 41.0 Å². The van der Waals surface area contributed by atoms with Gasteiger partial charge in [0.25, 0.3) is 0 Å². The van der Waals surface area contributed by atoms with Crippen LogP contribution < -0.4 is 21.5 Å². The van der Waals surface area contributed by atoms with E-state index in [0.717, 1.165) is 0 Å². The van der Waals surface area contributed by atoms with Crippen molar-refractivity contribution in [2.24, 2.45) is 10.9 Å². The summed E-state index contributed by atoms with van der Waals surface area (Å²) in [5, 5.41) is 26.5. The predicted octanol–water partition coefficient (Wildman–Crippen LogP) is 3.52. The Balaban J connectivity index is 0.000000616. The summed E-state index contributed by atoms with van der Waals surface area (Å²) in [5.74, 6) is -3.03. The van der Waals surface area contributed by atoms with E-state index in [2.05, 4.69) is 10.6 Å². The second-order valence-corrected chi connectivity index (χ2v) is 10.7. The molecule has 1 heterocycles. The number of carboxylic acids is 1. The normalized spacial score (nSPS) is 14.6. The first-order chi connectivity index (χ1) is 19.6. The average molecular weight is 608 g/mol. The minimum absolute atomic E-state index is 0.0370. The van der Waals surface area contributed by atoms with E-state index in [-0.39, 0.29) is 16.6 Å². The van der Waals surface area contributed by atoms with E-state index in [0.29, 0.717) is 54.1 Å². The third kappa shape index (κ3) is 8.28. The van der Waals surface area contributed by atoms with E-state index in [1.54, 1.807) is 60.7 Å². The van der Waals surface area contributed by atoms with Crippen LogP contribution in [0.4, 0.5) is 24.5 Å². The largest absolute Gasteiger partial charge is 0.490 e. The summed E-state index contributed by atoms with van der Waals surface area (Å²) in [5.41, 5.74) is 7.66. The van der Waals surface area contributed by atoms with Gasteiger partial charge in [0.2, 0.25) is 15.9 Å². The highest BCUT2D eigenvalue weighted by molar-refractivity contribution is 7.89. The zero-order valence-electron chi connectivity index (χ0n) is 21.9. The molecule has 11 nitrogen and oxygen atoms in total. The molecule has 1 amide bonds. The number of amidine groups is 1. The molecule has 42 heavy (non-hydrogen) atoms. The van der Waals surface area contributed by atoms with Crippen LogP contribution in [0.1, 0.15) is 18.4 Å². The van der Waals surface area contributed by atoms with Crippen molar-refractivity contribution in [1.82, 2.24) is 0 Å². The molecular weight excluding hydrogens is 579 g/mol. The van der Waals surface area contributed by atoms with Gasteiger partial charge in [-0.3, -0.25) is 10.2 Å². The molecular formula is C27H28F3N5O6S. The van der Waals surface area contributed by atoms with E-state index >= 15 is 0 Å². The molecule has 0 bridgehead atoms. The number of benzene rings is 3. The van der Waals surface area contributed by atoms with Crippen LogP contribution in [0.15, 0.2) is 77.7 Å². The zero-order chi connectivity index (χ0) is 31.1. The standard InChI is InChI=1S/C25H27N5O4S.C2HF3O2/c26-23(27)18-4-3-5-20(16-18)30-25(12-14-34-15-13-25)24(31)29-19-10-8-17(9-11-19)21-6-1-2-7-22(21)35(28,32)33;3-2(4,5)1(6)7/h1-11,16,30H,12-15H2,(H3,26,27)(H,29,31)(H2,28,32,33);(H,6,7). The van der Waals surface area contributed by atoms with Crippen LogP contribution in [-0.2, 0) is 24.3 Å². The average Bonchev–Trinajstić information content (AvgIpc) is 2.93. The summed E-state index contributed by atoms with van der Waals surface area (Å²) in [7, 11) is -3.88. The lowest BCUT2D eigenvalue weighted by molar-refractivity contribution is -0.192. The maximum atomic E-state index is 13.5. The molecule has 1 saturated heterocycles.